The summed E-state index contributed by atoms with van der Waals surface area (Å²) in [6.45, 7) is 1.13. The third-order valence-electron chi connectivity index (χ3n) is 3.64. The van der Waals surface area contributed by atoms with Crippen LogP contribution in [0.3, 0.4) is 0 Å². The second-order valence-corrected chi connectivity index (χ2v) is 8.87. The van der Waals surface area contributed by atoms with Gasteiger partial charge in [-0.05, 0) is 11.6 Å². The number of sulfonamides is 1. The van der Waals surface area contributed by atoms with E-state index in [0.717, 1.165) is 18.1 Å². The van der Waals surface area contributed by atoms with E-state index < -0.39 is 10.0 Å². The van der Waals surface area contributed by atoms with E-state index in [4.69, 9.17) is 0 Å². The predicted octanol–water partition coefficient (Wildman–Crippen LogP) is 0.648. The van der Waals surface area contributed by atoms with Crippen LogP contribution in [0.2, 0.25) is 0 Å². The van der Waals surface area contributed by atoms with E-state index in [0.29, 0.717) is 12.0 Å². The Morgan fingerprint density at radius 1 is 1.39 bits per heavy atom. The van der Waals surface area contributed by atoms with Crippen LogP contribution in [0.5, 0.6) is 0 Å². The minimum absolute atomic E-state index is 0.0675. The summed E-state index contributed by atoms with van der Waals surface area (Å²) < 4.78 is 25.8. The Morgan fingerprint density at radius 2 is 2.13 bits per heavy atom. The van der Waals surface area contributed by atoms with Crippen LogP contribution in [0.4, 0.5) is 0 Å². The third kappa shape index (κ3) is 4.94. The number of benzene rings is 1. The molecule has 1 saturated heterocycles. The molecule has 0 aromatic heterocycles. The van der Waals surface area contributed by atoms with Gasteiger partial charge in [0.05, 0.1) is 4.90 Å². The molecule has 1 amide bonds. The number of carbonyl (C=O) groups is 1. The van der Waals surface area contributed by atoms with Crippen LogP contribution in [0.15, 0.2) is 29.2 Å². The highest BCUT2D eigenvalue weighted by Gasteiger charge is 2.21. The zero-order chi connectivity index (χ0) is 16.9. The fourth-order valence-electron chi connectivity index (χ4n) is 2.34. The summed E-state index contributed by atoms with van der Waals surface area (Å²) in [5, 5.41) is 6.14. The quantitative estimate of drug-likeness (QED) is 0.782. The van der Waals surface area contributed by atoms with Crippen molar-refractivity contribution >= 4 is 27.7 Å². The lowest BCUT2D eigenvalue weighted by atomic mass is 10.2. The van der Waals surface area contributed by atoms with Crippen molar-refractivity contribution in [2.45, 2.75) is 23.9 Å². The van der Waals surface area contributed by atoms with Crippen molar-refractivity contribution in [2.24, 2.45) is 0 Å². The summed E-state index contributed by atoms with van der Waals surface area (Å²) in [5.41, 5.74) is 0.598. The van der Waals surface area contributed by atoms with Gasteiger partial charge in [-0.15, -0.1) is 0 Å². The van der Waals surface area contributed by atoms with E-state index in [2.05, 4.69) is 10.6 Å². The molecule has 0 bridgehead atoms. The van der Waals surface area contributed by atoms with Crippen molar-refractivity contribution in [1.29, 1.82) is 0 Å². The van der Waals surface area contributed by atoms with Gasteiger partial charge in [0, 0.05) is 51.2 Å². The van der Waals surface area contributed by atoms with E-state index in [-0.39, 0.29) is 23.4 Å². The number of nitrogens with one attached hydrogen (secondary N) is 2. The molecule has 1 fully saturated rings. The molecule has 2 N–H and O–H groups in total. The fourth-order valence-corrected chi connectivity index (χ4v) is 4.40. The highest BCUT2D eigenvalue weighted by Crippen LogP contribution is 2.18. The molecule has 8 heteroatoms. The van der Waals surface area contributed by atoms with Crippen LogP contribution >= 0.6 is 11.8 Å². The summed E-state index contributed by atoms with van der Waals surface area (Å²) >= 11 is 1.84. The molecule has 1 aliphatic rings. The minimum Gasteiger partial charge on any atom is -0.352 e. The second kappa shape index (κ2) is 8.14. The highest BCUT2D eigenvalue weighted by molar-refractivity contribution is 7.99. The number of thioether (sulfide) groups is 1. The molecule has 23 heavy (non-hydrogen) atoms. The van der Waals surface area contributed by atoms with Crippen molar-refractivity contribution in [3.05, 3.63) is 29.8 Å². The number of nitrogens with zero attached hydrogens (tertiary/aromatic N) is 1. The van der Waals surface area contributed by atoms with Gasteiger partial charge < -0.3 is 10.6 Å². The Hall–Kier alpha value is -1.09. The molecule has 1 aromatic carbocycles. The number of rotatable bonds is 6. The molecule has 128 valence electrons. The zero-order valence-corrected chi connectivity index (χ0v) is 15.0. The van der Waals surface area contributed by atoms with Gasteiger partial charge in [0.2, 0.25) is 15.9 Å². The molecule has 1 heterocycles. The van der Waals surface area contributed by atoms with E-state index >= 15 is 0 Å². The molecular weight excluding hydrogens is 334 g/mol. The van der Waals surface area contributed by atoms with Crippen LogP contribution in [0.1, 0.15) is 12.0 Å². The predicted molar refractivity (Wildman–Crippen MR) is 92.9 cm³/mol. The van der Waals surface area contributed by atoms with Gasteiger partial charge in [0.15, 0.2) is 0 Å². The fraction of sp³-hybridized carbons (Fsp3) is 0.533. The first kappa shape index (κ1) is 18.3. The highest BCUT2D eigenvalue weighted by atomic mass is 32.2. The standard InChI is InChI=1S/C15H23N3O3S2/c1-18(2)23(20,21)14-6-4-3-5-12(14)10-17-15(19)9-13-11-22-8-7-16-13/h3-6,13,16H,7-11H2,1-2H3,(H,17,19). The molecule has 6 nitrogen and oxygen atoms in total. The lowest BCUT2D eigenvalue weighted by molar-refractivity contribution is -0.121. The maximum Gasteiger partial charge on any atom is 0.242 e. The van der Waals surface area contributed by atoms with Gasteiger partial charge in [-0.25, -0.2) is 12.7 Å². The Labute approximate surface area is 142 Å². The first-order valence-electron chi connectivity index (χ1n) is 7.49. The van der Waals surface area contributed by atoms with Crippen molar-refractivity contribution in [1.82, 2.24) is 14.9 Å². The summed E-state index contributed by atoms with van der Waals surface area (Å²) in [7, 11) is -0.522. The molecule has 2 rings (SSSR count). The van der Waals surface area contributed by atoms with E-state index in [1.165, 1.54) is 18.4 Å². The topological polar surface area (TPSA) is 78.5 Å². The molecule has 1 aromatic rings. The van der Waals surface area contributed by atoms with Gasteiger partial charge in [-0.1, -0.05) is 18.2 Å². The molecule has 0 aliphatic carbocycles. The Balaban J connectivity index is 1.99. The van der Waals surface area contributed by atoms with Gasteiger partial charge >= 0.3 is 0 Å². The number of hydrogen-bond acceptors (Lipinski definition) is 5. The minimum atomic E-state index is -3.52. The van der Waals surface area contributed by atoms with Gasteiger partial charge in [0.25, 0.3) is 0 Å². The van der Waals surface area contributed by atoms with Crippen LogP contribution in [-0.4, -0.2) is 56.8 Å². The monoisotopic (exact) mass is 357 g/mol. The maximum absolute atomic E-state index is 12.3. The molecule has 1 unspecified atom stereocenters. The molecule has 0 saturated carbocycles. The zero-order valence-electron chi connectivity index (χ0n) is 13.4. The van der Waals surface area contributed by atoms with E-state index in [9.17, 15) is 13.2 Å². The Bertz CT molecular complexity index is 641. The van der Waals surface area contributed by atoms with E-state index in [1.807, 2.05) is 11.8 Å². The second-order valence-electron chi connectivity index (χ2n) is 5.60. The normalized spacial score (nSPS) is 18.8. The van der Waals surface area contributed by atoms with Crippen LogP contribution in [-0.2, 0) is 21.4 Å². The first-order valence-corrected chi connectivity index (χ1v) is 10.1. The summed E-state index contributed by atoms with van der Waals surface area (Å²) in [5.74, 6) is 1.94. The average molecular weight is 358 g/mol. The first-order chi connectivity index (χ1) is 10.9. The number of carbonyl (C=O) groups excluding carboxylic acids is 1. The van der Waals surface area contributed by atoms with E-state index in [1.54, 1.807) is 24.3 Å². The lowest BCUT2D eigenvalue weighted by Gasteiger charge is -2.22. The Kier molecular flexibility index (Phi) is 6.46. The largest absolute Gasteiger partial charge is 0.352 e. The molecule has 1 aliphatic heterocycles. The van der Waals surface area contributed by atoms with Gasteiger partial charge in [0.1, 0.15) is 0 Å². The van der Waals surface area contributed by atoms with Crippen LogP contribution < -0.4 is 10.6 Å². The molecule has 0 radical (unpaired) electrons. The SMILES string of the molecule is CN(C)S(=O)(=O)c1ccccc1CNC(=O)CC1CSCCN1. The van der Waals surface area contributed by atoms with Crippen molar-refractivity contribution in [3.63, 3.8) is 0 Å². The van der Waals surface area contributed by atoms with Crippen LogP contribution in [0.25, 0.3) is 0 Å². The molecule has 1 atom stereocenters. The van der Waals surface area contributed by atoms with Crippen molar-refractivity contribution in [3.8, 4) is 0 Å². The summed E-state index contributed by atoms with van der Waals surface area (Å²) in [6.07, 6.45) is 0.412. The van der Waals surface area contributed by atoms with Crippen molar-refractivity contribution in [2.75, 3.05) is 32.1 Å². The lowest BCUT2D eigenvalue weighted by Crippen LogP contribution is -2.41. The molecule has 0 spiro atoms. The van der Waals surface area contributed by atoms with Crippen LogP contribution in [0, 0.1) is 0 Å². The van der Waals surface area contributed by atoms with Crippen molar-refractivity contribution < 1.29 is 13.2 Å². The average Bonchev–Trinajstić information content (AvgIpc) is 2.54. The Morgan fingerprint density at radius 3 is 2.78 bits per heavy atom. The smallest absolute Gasteiger partial charge is 0.242 e. The number of amides is 1. The third-order valence-corrected chi connectivity index (χ3v) is 6.68. The summed E-state index contributed by atoms with van der Waals surface area (Å²) in [6, 6.07) is 6.94. The maximum atomic E-state index is 12.3. The van der Waals surface area contributed by atoms with Gasteiger partial charge in [-0.2, -0.15) is 11.8 Å². The number of hydrogen-bond donors (Lipinski definition) is 2. The van der Waals surface area contributed by atoms with Gasteiger partial charge in [-0.3, -0.25) is 4.79 Å². The molecular formula is C15H23N3O3S2. The summed E-state index contributed by atoms with van der Waals surface area (Å²) in [4.78, 5) is 12.3.